The van der Waals surface area contributed by atoms with Crippen LogP contribution < -0.4 is 0 Å². The topological polar surface area (TPSA) is 46.5 Å². The van der Waals surface area contributed by atoms with Crippen molar-refractivity contribution in [2.75, 3.05) is 6.61 Å². The molecule has 0 saturated heterocycles. The third-order valence-corrected chi connectivity index (χ3v) is 1.18. The summed E-state index contributed by atoms with van der Waals surface area (Å²) in [4.78, 5) is 10.3. The second-order valence-corrected chi connectivity index (χ2v) is 1.96. The monoisotopic (exact) mass is 144 g/mol. The van der Waals surface area contributed by atoms with Gasteiger partial charge in [-0.2, -0.15) is 0 Å². The SMILES string of the molecule is C=C(OCC)C(C)C(=O)O. The maximum absolute atomic E-state index is 10.3. The Balaban J connectivity index is 3.82. The molecule has 0 heterocycles. The predicted molar refractivity (Wildman–Crippen MR) is 37.6 cm³/mol. The van der Waals surface area contributed by atoms with Crippen molar-refractivity contribution in [3.63, 3.8) is 0 Å². The number of hydrogen-bond donors (Lipinski definition) is 1. The number of ether oxygens (including phenoxy) is 1. The van der Waals surface area contributed by atoms with Gasteiger partial charge in [0.05, 0.1) is 6.61 Å². The number of aliphatic carboxylic acids is 1. The molecule has 0 bridgehead atoms. The number of hydrogen-bond acceptors (Lipinski definition) is 2. The van der Waals surface area contributed by atoms with Crippen molar-refractivity contribution in [1.29, 1.82) is 0 Å². The minimum absolute atomic E-state index is 0.315. The van der Waals surface area contributed by atoms with Crippen molar-refractivity contribution in [2.24, 2.45) is 5.92 Å². The molecule has 1 unspecified atom stereocenters. The minimum atomic E-state index is -0.904. The van der Waals surface area contributed by atoms with Crippen LogP contribution in [0.5, 0.6) is 0 Å². The van der Waals surface area contributed by atoms with Gasteiger partial charge >= 0.3 is 5.97 Å². The smallest absolute Gasteiger partial charge is 0.313 e. The molecule has 0 aromatic carbocycles. The summed E-state index contributed by atoms with van der Waals surface area (Å²) < 4.78 is 4.89. The van der Waals surface area contributed by atoms with Crippen LogP contribution in [0.15, 0.2) is 12.3 Å². The van der Waals surface area contributed by atoms with Crippen LogP contribution in [0.2, 0.25) is 0 Å². The molecule has 10 heavy (non-hydrogen) atoms. The first-order valence-corrected chi connectivity index (χ1v) is 3.14. The molecule has 0 aliphatic heterocycles. The zero-order valence-corrected chi connectivity index (χ0v) is 6.26. The van der Waals surface area contributed by atoms with E-state index in [4.69, 9.17) is 9.84 Å². The van der Waals surface area contributed by atoms with Crippen LogP contribution >= 0.6 is 0 Å². The van der Waals surface area contributed by atoms with Crippen LogP contribution in [0, 0.1) is 5.92 Å². The van der Waals surface area contributed by atoms with Gasteiger partial charge in [-0.15, -0.1) is 0 Å². The largest absolute Gasteiger partial charge is 0.498 e. The van der Waals surface area contributed by atoms with E-state index in [1.165, 1.54) is 0 Å². The summed E-state index contributed by atoms with van der Waals surface area (Å²) in [5.41, 5.74) is 0. The summed E-state index contributed by atoms with van der Waals surface area (Å²) >= 11 is 0. The van der Waals surface area contributed by atoms with Crippen molar-refractivity contribution in [3.8, 4) is 0 Å². The Bertz CT molecular complexity index is 140. The first-order chi connectivity index (χ1) is 4.59. The van der Waals surface area contributed by atoms with E-state index < -0.39 is 11.9 Å². The highest BCUT2D eigenvalue weighted by Crippen LogP contribution is 2.08. The normalized spacial score (nSPS) is 12.2. The second-order valence-electron chi connectivity index (χ2n) is 1.96. The molecule has 0 radical (unpaired) electrons. The fourth-order valence-corrected chi connectivity index (χ4v) is 0.448. The molecule has 0 saturated carbocycles. The minimum Gasteiger partial charge on any atom is -0.498 e. The Morgan fingerprint density at radius 1 is 1.80 bits per heavy atom. The molecule has 0 spiro atoms. The molecule has 0 aromatic heterocycles. The highest BCUT2D eigenvalue weighted by molar-refractivity contribution is 5.72. The van der Waals surface area contributed by atoms with Gasteiger partial charge in [0, 0.05) is 0 Å². The first kappa shape index (κ1) is 9.01. The van der Waals surface area contributed by atoms with Gasteiger partial charge in [0.1, 0.15) is 11.7 Å². The number of carboxylic acids is 1. The molecule has 0 rings (SSSR count). The molecule has 1 N–H and O–H groups in total. The Morgan fingerprint density at radius 3 is 2.60 bits per heavy atom. The van der Waals surface area contributed by atoms with Crippen LogP contribution in [-0.4, -0.2) is 17.7 Å². The Kier molecular flexibility index (Phi) is 3.54. The Labute approximate surface area is 60.3 Å². The number of rotatable bonds is 4. The van der Waals surface area contributed by atoms with E-state index in [-0.39, 0.29) is 0 Å². The van der Waals surface area contributed by atoms with Crippen molar-refractivity contribution in [2.45, 2.75) is 13.8 Å². The van der Waals surface area contributed by atoms with Gasteiger partial charge in [-0.25, -0.2) is 0 Å². The fourth-order valence-electron chi connectivity index (χ4n) is 0.448. The molecule has 3 nitrogen and oxygen atoms in total. The second kappa shape index (κ2) is 3.93. The molecule has 3 heteroatoms. The zero-order chi connectivity index (χ0) is 8.15. The van der Waals surface area contributed by atoms with Crippen molar-refractivity contribution < 1.29 is 14.6 Å². The van der Waals surface area contributed by atoms with E-state index in [0.717, 1.165) is 0 Å². The van der Waals surface area contributed by atoms with E-state index in [1.54, 1.807) is 13.8 Å². The zero-order valence-electron chi connectivity index (χ0n) is 6.26. The summed E-state index contributed by atoms with van der Waals surface area (Å²) in [7, 11) is 0. The van der Waals surface area contributed by atoms with Gasteiger partial charge < -0.3 is 9.84 Å². The fraction of sp³-hybridized carbons (Fsp3) is 0.571. The van der Waals surface area contributed by atoms with Crippen molar-refractivity contribution >= 4 is 5.97 Å². The van der Waals surface area contributed by atoms with E-state index in [0.29, 0.717) is 12.4 Å². The number of carboxylic acid groups (broad SMARTS) is 1. The van der Waals surface area contributed by atoms with Crippen LogP contribution in [0.1, 0.15) is 13.8 Å². The van der Waals surface area contributed by atoms with Crippen LogP contribution in [-0.2, 0) is 9.53 Å². The molecule has 0 amide bonds. The van der Waals surface area contributed by atoms with Gasteiger partial charge in [0.2, 0.25) is 0 Å². The first-order valence-electron chi connectivity index (χ1n) is 3.14. The standard InChI is InChI=1S/C7H12O3/c1-4-10-6(3)5(2)7(8)9/h5H,3-4H2,1-2H3,(H,8,9). The van der Waals surface area contributed by atoms with Gasteiger partial charge in [-0.3, -0.25) is 4.79 Å². The highest BCUT2D eigenvalue weighted by Gasteiger charge is 2.14. The lowest BCUT2D eigenvalue weighted by Crippen LogP contribution is -2.13. The Hall–Kier alpha value is -0.990. The third-order valence-electron chi connectivity index (χ3n) is 1.18. The third kappa shape index (κ3) is 2.53. The van der Waals surface area contributed by atoms with Gasteiger partial charge in [0.25, 0.3) is 0 Å². The summed E-state index contributed by atoms with van der Waals surface area (Å²) in [5, 5.41) is 8.44. The summed E-state index contributed by atoms with van der Waals surface area (Å²) in [5.74, 6) is -1.20. The summed E-state index contributed by atoms with van der Waals surface area (Å²) in [6, 6.07) is 0. The van der Waals surface area contributed by atoms with Crippen LogP contribution in [0.3, 0.4) is 0 Å². The molecule has 1 atom stereocenters. The van der Waals surface area contributed by atoms with Crippen LogP contribution in [0.25, 0.3) is 0 Å². The molecule has 0 aromatic rings. The molecule has 0 aliphatic carbocycles. The highest BCUT2D eigenvalue weighted by atomic mass is 16.5. The lowest BCUT2D eigenvalue weighted by atomic mass is 10.1. The molecular weight excluding hydrogens is 132 g/mol. The Morgan fingerprint density at radius 2 is 2.30 bits per heavy atom. The number of carbonyl (C=O) groups is 1. The average Bonchev–Trinajstić information content (AvgIpc) is 1.87. The predicted octanol–water partition coefficient (Wildman–Crippen LogP) is 1.26. The van der Waals surface area contributed by atoms with E-state index in [2.05, 4.69) is 6.58 Å². The van der Waals surface area contributed by atoms with Gasteiger partial charge in [0.15, 0.2) is 0 Å². The summed E-state index contributed by atoms with van der Waals surface area (Å²) in [6.45, 7) is 7.26. The van der Waals surface area contributed by atoms with Crippen LogP contribution in [0.4, 0.5) is 0 Å². The molecule has 58 valence electrons. The van der Waals surface area contributed by atoms with E-state index in [1.807, 2.05) is 0 Å². The van der Waals surface area contributed by atoms with E-state index >= 15 is 0 Å². The lowest BCUT2D eigenvalue weighted by Gasteiger charge is -2.09. The van der Waals surface area contributed by atoms with Crippen molar-refractivity contribution in [1.82, 2.24) is 0 Å². The molecular formula is C7H12O3. The maximum Gasteiger partial charge on any atom is 0.313 e. The molecule has 0 aliphatic rings. The van der Waals surface area contributed by atoms with Crippen molar-refractivity contribution in [3.05, 3.63) is 12.3 Å². The molecule has 0 fully saturated rings. The van der Waals surface area contributed by atoms with Gasteiger partial charge in [-0.05, 0) is 13.8 Å². The summed E-state index contributed by atoms with van der Waals surface area (Å²) in [6.07, 6.45) is 0. The van der Waals surface area contributed by atoms with Gasteiger partial charge in [-0.1, -0.05) is 6.58 Å². The lowest BCUT2D eigenvalue weighted by molar-refractivity contribution is -0.141. The van der Waals surface area contributed by atoms with E-state index in [9.17, 15) is 4.79 Å². The maximum atomic E-state index is 10.3. The quantitative estimate of drug-likeness (QED) is 0.604. The average molecular weight is 144 g/mol.